The van der Waals surface area contributed by atoms with E-state index < -0.39 is 19.1 Å². The summed E-state index contributed by atoms with van der Waals surface area (Å²) in [6.45, 7) is 9.69. The molecule has 6 heterocycles. The van der Waals surface area contributed by atoms with Crippen molar-refractivity contribution in [1.82, 2.24) is 29.9 Å². The standard InChI is InChI=1S/C18H18N4O2S2.C9H6ClNO2S.C9H13N3S/c1-18(2)11-22(16-13(18)10-20-17(21-16)25-3)26(23,24)14-8-4-6-12-7-5-9-19-15(12)14;10-14(12,13)8-5-1-3-7-4-2-6-11-9(7)8;1-9(2)5-11-7-6(9)4-10-8(12-7)13-3/h4-10H,11H2,1-3H3;1-6H;4H,5H2,1-3H3,(H,10,11,12). The van der Waals surface area contributed by atoms with Crippen molar-refractivity contribution in [2.45, 2.75) is 58.6 Å². The van der Waals surface area contributed by atoms with Gasteiger partial charge in [0.15, 0.2) is 16.1 Å². The Morgan fingerprint density at radius 1 is 0.698 bits per heavy atom. The molecule has 0 aliphatic carbocycles. The lowest BCUT2D eigenvalue weighted by atomic mass is 9.89. The molecule has 0 saturated carbocycles. The third-order valence-electron chi connectivity index (χ3n) is 8.83. The van der Waals surface area contributed by atoms with Crippen molar-refractivity contribution in [3.05, 3.63) is 96.6 Å². The topological polar surface area (TPSA) is 161 Å². The van der Waals surface area contributed by atoms with Gasteiger partial charge in [-0.05, 0) is 36.8 Å². The molecule has 0 amide bonds. The van der Waals surface area contributed by atoms with Crippen LogP contribution >= 0.6 is 34.2 Å². The first kappa shape index (κ1) is 38.6. The molecule has 2 aliphatic heterocycles. The number of halogens is 1. The molecule has 0 atom stereocenters. The SMILES string of the molecule is CSc1ncc2c(n1)N(S(=O)(=O)c1cccc3cccnc13)CC2(C)C.CSc1ncc2c(n1)NCC2(C)C.O=S(=O)(Cl)c1cccc2cccnc12. The number of aromatic nitrogens is 6. The fourth-order valence-corrected chi connectivity index (χ4v) is 9.47. The number of rotatable bonds is 5. The van der Waals surface area contributed by atoms with Crippen molar-refractivity contribution < 1.29 is 16.8 Å². The van der Waals surface area contributed by atoms with Gasteiger partial charge in [0.05, 0.1) is 11.0 Å². The van der Waals surface area contributed by atoms with Crippen LogP contribution in [0.15, 0.2) is 106 Å². The van der Waals surface area contributed by atoms with E-state index >= 15 is 0 Å². The van der Waals surface area contributed by atoms with Gasteiger partial charge in [0.2, 0.25) is 0 Å². The van der Waals surface area contributed by atoms with E-state index in [1.807, 2.05) is 44.7 Å². The summed E-state index contributed by atoms with van der Waals surface area (Å²) < 4.78 is 50.8. The number of nitrogens with one attached hydrogen (secondary N) is 1. The summed E-state index contributed by atoms with van der Waals surface area (Å²) in [5.74, 6) is 1.46. The van der Waals surface area contributed by atoms with Crippen LogP contribution in [0.2, 0.25) is 0 Å². The van der Waals surface area contributed by atoms with E-state index in [2.05, 4.69) is 49.1 Å². The summed E-state index contributed by atoms with van der Waals surface area (Å²) in [6.07, 6.45) is 10.7. The highest BCUT2D eigenvalue weighted by atomic mass is 35.7. The lowest BCUT2D eigenvalue weighted by molar-refractivity contribution is 0.554. The van der Waals surface area contributed by atoms with E-state index in [9.17, 15) is 16.8 Å². The molecule has 276 valence electrons. The van der Waals surface area contributed by atoms with Crippen molar-refractivity contribution in [3.63, 3.8) is 0 Å². The Morgan fingerprint density at radius 2 is 1.23 bits per heavy atom. The minimum absolute atomic E-state index is 0.0530. The number of thioether (sulfide) groups is 2. The van der Waals surface area contributed by atoms with Crippen molar-refractivity contribution in [2.24, 2.45) is 0 Å². The minimum atomic E-state index is -3.80. The zero-order valence-corrected chi connectivity index (χ0v) is 33.8. The van der Waals surface area contributed by atoms with Gasteiger partial charge in [-0.2, -0.15) is 0 Å². The minimum Gasteiger partial charge on any atom is -0.369 e. The smallest absolute Gasteiger partial charge is 0.267 e. The summed E-state index contributed by atoms with van der Waals surface area (Å²) in [4.78, 5) is 26.0. The van der Waals surface area contributed by atoms with Gasteiger partial charge in [-0.1, -0.05) is 87.6 Å². The Balaban J connectivity index is 0.000000150. The molecule has 0 unspecified atom stereocenters. The normalized spacial score (nSPS) is 15.4. The van der Waals surface area contributed by atoms with Crippen LogP contribution < -0.4 is 9.62 Å². The number of hydrogen-bond donors (Lipinski definition) is 1. The van der Waals surface area contributed by atoms with Gasteiger partial charge < -0.3 is 5.32 Å². The van der Waals surface area contributed by atoms with E-state index in [0.29, 0.717) is 28.6 Å². The first-order valence-electron chi connectivity index (χ1n) is 16.3. The first-order chi connectivity index (χ1) is 25.1. The Morgan fingerprint density at radius 3 is 1.81 bits per heavy atom. The molecule has 0 fully saturated rings. The van der Waals surface area contributed by atoms with Crippen LogP contribution in [-0.4, -0.2) is 72.3 Å². The highest BCUT2D eigenvalue weighted by Crippen LogP contribution is 2.43. The van der Waals surface area contributed by atoms with Crippen LogP contribution in [0.3, 0.4) is 0 Å². The van der Waals surface area contributed by atoms with Crippen molar-refractivity contribution in [3.8, 4) is 0 Å². The van der Waals surface area contributed by atoms with E-state index in [0.717, 1.165) is 33.9 Å². The quantitative estimate of drug-likeness (QED) is 0.105. The third-order valence-corrected chi connectivity index (χ3v) is 13.1. The zero-order chi connectivity index (χ0) is 38.2. The fraction of sp³-hybridized carbons (Fsp3) is 0.278. The van der Waals surface area contributed by atoms with Gasteiger partial charge in [-0.3, -0.25) is 9.97 Å². The Kier molecular flexibility index (Phi) is 10.9. The van der Waals surface area contributed by atoms with E-state index in [-0.39, 0.29) is 20.6 Å². The second-order valence-electron chi connectivity index (χ2n) is 13.4. The summed E-state index contributed by atoms with van der Waals surface area (Å²) in [5, 5.41) is 6.24. The lowest BCUT2D eigenvalue weighted by Crippen LogP contribution is -2.34. The number of fused-ring (bicyclic) bond motifs is 4. The summed E-state index contributed by atoms with van der Waals surface area (Å²) in [7, 11) is -2.25. The molecular weight excluding hydrogens is 772 g/mol. The number of para-hydroxylation sites is 2. The molecule has 17 heteroatoms. The number of anilines is 2. The predicted molar refractivity (Wildman–Crippen MR) is 213 cm³/mol. The molecule has 6 aromatic rings. The fourth-order valence-electron chi connectivity index (χ4n) is 6.01. The first-order valence-corrected chi connectivity index (χ1v) is 22.5. The number of benzene rings is 2. The van der Waals surface area contributed by atoms with Crippen molar-refractivity contribution in [1.29, 1.82) is 0 Å². The Labute approximate surface area is 322 Å². The van der Waals surface area contributed by atoms with Crippen molar-refractivity contribution >= 4 is 86.7 Å². The van der Waals surface area contributed by atoms with E-state index in [4.69, 9.17) is 10.7 Å². The Bertz CT molecular complexity index is 2540. The molecule has 0 radical (unpaired) electrons. The molecule has 12 nitrogen and oxygen atoms in total. The van der Waals surface area contributed by atoms with Crippen LogP contribution in [0, 0.1) is 0 Å². The number of nitrogens with zero attached hydrogens (tertiary/aromatic N) is 7. The summed E-state index contributed by atoms with van der Waals surface area (Å²) >= 11 is 2.96. The highest BCUT2D eigenvalue weighted by Gasteiger charge is 2.43. The monoisotopic (exact) mass is 808 g/mol. The number of hydrogen-bond acceptors (Lipinski definition) is 13. The largest absolute Gasteiger partial charge is 0.369 e. The maximum absolute atomic E-state index is 13.5. The van der Waals surface area contributed by atoms with Crippen molar-refractivity contribution in [2.75, 3.05) is 35.2 Å². The van der Waals surface area contributed by atoms with Gasteiger partial charge >= 0.3 is 0 Å². The van der Waals surface area contributed by atoms with Crippen LogP contribution in [0.5, 0.6) is 0 Å². The summed E-state index contributed by atoms with van der Waals surface area (Å²) in [5.41, 5.74) is 2.76. The van der Waals surface area contributed by atoms with Gasteiger partial charge in [-0.15, -0.1) is 0 Å². The van der Waals surface area contributed by atoms with Crippen LogP contribution in [-0.2, 0) is 29.9 Å². The van der Waals surface area contributed by atoms with Gasteiger partial charge in [-0.25, -0.2) is 41.1 Å². The van der Waals surface area contributed by atoms with Crippen LogP contribution in [0.1, 0.15) is 38.8 Å². The van der Waals surface area contributed by atoms with Crippen LogP contribution in [0.25, 0.3) is 21.8 Å². The maximum Gasteiger partial charge on any atom is 0.267 e. The van der Waals surface area contributed by atoms with Gasteiger partial charge in [0.25, 0.3) is 19.1 Å². The predicted octanol–water partition coefficient (Wildman–Crippen LogP) is 7.30. The third kappa shape index (κ3) is 7.92. The van der Waals surface area contributed by atoms with E-state index in [1.165, 1.54) is 33.9 Å². The second-order valence-corrected chi connectivity index (χ2v) is 19.4. The molecule has 8 rings (SSSR count). The molecule has 2 aromatic carbocycles. The summed E-state index contributed by atoms with van der Waals surface area (Å²) in [6, 6.07) is 17.3. The molecule has 0 spiro atoms. The molecule has 1 N–H and O–H groups in total. The molecule has 2 aliphatic rings. The maximum atomic E-state index is 13.5. The van der Waals surface area contributed by atoms with Gasteiger partial charge in [0, 0.05) is 81.3 Å². The average Bonchev–Trinajstić information content (AvgIpc) is 3.61. The molecule has 0 saturated heterocycles. The zero-order valence-electron chi connectivity index (χ0n) is 29.8. The Hall–Kier alpha value is -4.09. The lowest BCUT2D eigenvalue weighted by Gasteiger charge is -2.22. The number of pyridine rings is 2. The average molecular weight is 809 g/mol. The van der Waals surface area contributed by atoms with Gasteiger partial charge in [0.1, 0.15) is 15.6 Å². The molecule has 0 bridgehead atoms. The van der Waals surface area contributed by atoms with Crippen LogP contribution in [0.4, 0.5) is 11.6 Å². The second kappa shape index (κ2) is 15.0. The molecule has 4 aromatic heterocycles. The molecular formula is C36H37ClN8O4S4. The molecule has 53 heavy (non-hydrogen) atoms. The van der Waals surface area contributed by atoms with E-state index in [1.54, 1.807) is 66.6 Å². The highest BCUT2D eigenvalue weighted by molar-refractivity contribution is 8.14. The number of sulfonamides is 1.